The molecule has 1 heterocycles. The first-order valence-corrected chi connectivity index (χ1v) is 10.9. The molecular weight excluding hydrogens is 396 g/mol. The van der Waals surface area contributed by atoms with Crippen molar-refractivity contribution in [3.8, 4) is 17.0 Å². The Balaban J connectivity index is 1.79. The maximum absolute atomic E-state index is 13.4. The molecule has 1 amide bonds. The molecule has 0 aliphatic carbocycles. The summed E-state index contributed by atoms with van der Waals surface area (Å²) in [6.07, 6.45) is 0. The normalized spacial score (nSPS) is 12.0. The number of ether oxygens (including phenoxy) is 1. The first-order chi connectivity index (χ1) is 15.5. The maximum atomic E-state index is 13.4. The summed E-state index contributed by atoms with van der Waals surface area (Å²) in [5, 5.41) is 4.03. The van der Waals surface area contributed by atoms with Crippen molar-refractivity contribution in [1.82, 2.24) is 10.3 Å². The van der Waals surface area contributed by atoms with Crippen LogP contribution < -0.4 is 10.1 Å². The van der Waals surface area contributed by atoms with Crippen LogP contribution in [0.1, 0.15) is 54.2 Å². The number of carbonyl (C=O) groups is 1. The number of hydrogen-bond acceptors (Lipinski definition) is 3. The third-order valence-corrected chi connectivity index (χ3v) is 5.78. The lowest BCUT2D eigenvalue weighted by Gasteiger charge is -2.17. The van der Waals surface area contributed by atoms with Crippen LogP contribution >= 0.6 is 0 Å². The molecule has 0 radical (unpaired) electrons. The zero-order chi connectivity index (χ0) is 22.7. The molecule has 4 rings (SSSR count). The van der Waals surface area contributed by atoms with E-state index >= 15 is 0 Å². The highest BCUT2D eigenvalue weighted by atomic mass is 16.5. The summed E-state index contributed by atoms with van der Waals surface area (Å²) in [5.41, 5.74) is 5.38. The van der Waals surface area contributed by atoms with Crippen LogP contribution in [0.2, 0.25) is 0 Å². The van der Waals surface area contributed by atoms with E-state index in [1.54, 1.807) is 7.11 Å². The van der Waals surface area contributed by atoms with Crippen LogP contribution in [0.5, 0.6) is 5.75 Å². The van der Waals surface area contributed by atoms with Gasteiger partial charge in [-0.2, -0.15) is 0 Å². The standard InChI is InChI=1S/C28H28N2O2/c1-18(2)22-12-15-26-24(16-22)25(28(31)29-19(3)20-8-6-5-7-9-20)17-27(30-26)21-10-13-23(32-4)14-11-21/h5-19H,1-4H3,(H,29,31)/t19-/m0/s1. The Morgan fingerprint density at radius 2 is 1.59 bits per heavy atom. The van der Waals surface area contributed by atoms with Gasteiger partial charge in [0.1, 0.15) is 5.75 Å². The minimum Gasteiger partial charge on any atom is -0.497 e. The maximum Gasteiger partial charge on any atom is 0.252 e. The smallest absolute Gasteiger partial charge is 0.252 e. The molecule has 1 aromatic heterocycles. The second-order valence-corrected chi connectivity index (χ2v) is 8.32. The van der Waals surface area contributed by atoms with Gasteiger partial charge in [0, 0.05) is 10.9 Å². The summed E-state index contributed by atoms with van der Waals surface area (Å²) in [6, 6.07) is 25.7. The van der Waals surface area contributed by atoms with Gasteiger partial charge >= 0.3 is 0 Å². The van der Waals surface area contributed by atoms with Crippen LogP contribution in [-0.2, 0) is 0 Å². The number of hydrogen-bond donors (Lipinski definition) is 1. The highest BCUT2D eigenvalue weighted by Gasteiger charge is 2.17. The lowest BCUT2D eigenvalue weighted by molar-refractivity contribution is 0.0941. The zero-order valence-electron chi connectivity index (χ0n) is 18.9. The molecule has 0 saturated heterocycles. The molecule has 32 heavy (non-hydrogen) atoms. The Bertz CT molecular complexity index is 1230. The first-order valence-electron chi connectivity index (χ1n) is 10.9. The van der Waals surface area contributed by atoms with Crippen molar-refractivity contribution in [2.45, 2.75) is 32.7 Å². The topological polar surface area (TPSA) is 51.2 Å². The SMILES string of the molecule is COc1ccc(-c2cc(C(=O)N[C@@H](C)c3ccccc3)c3cc(C(C)C)ccc3n2)cc1. The summed E-state index contributed by atoms with van der Waals surface area (Å²) in [4.78, 5) is 18.3. The predicted octanol–water partition coefficient (Wildman–Crippen LogP) is 6.52. The molecule has 0 aliphatic rings. The van der Waals surface area contributed by atoms with E-state index in [0.29, 0.717) is 11.5 Å². The van der Waals surface area contributed by atoms with Crippen molar-refractivity contribution in [1.29, 1.82) is 0 Å². The molecule has 3 aromatic carbocycles. The number of nitrogens with zero attached hydrogens (tertiary/aromatic N) is 1. The van der Waals surface area contributed by atoms with Crippen molar-refractivity contribution in [2.24, 2.45) is 0 Å². The number of benzene rings is 3. The Morgan fingerprint density at radius 1 is 0.875 bits per heavy atom. The van der Waals surface area contributed by atoms with Crippen LogP contribution in [-0.4, -0.2) is 18.0 Å². The molecule has 4 heteroatoms. The molecule has 1 atom stereocenters. The molecule has 4 nitrogen and oxygen atoms in total. The van der Waals surface area contributed by atoms with Crippen molar-refractivity contribution in [2.75, 3.05) is 7.11 Å². The zero-order valence-corrected chi connectivity index (χ0v) is 18.9. The Hall–Kier alpha value is -3.66. The average molecular weight is 425 g/mol. The number of rotatable bonds is 6. The largest absolute Gasteiger partial charge is 0.497 e. The molecule has 0 spiro atoms. The first kappa shape index (κ1) is 21.6. The van der Waals surface area contributed by atoms with Gasteiger partial charge in [-0.05, 0) is 66.4 Å². The highest BCUT2D eigenvalue weighted by molar-refractivity contribution is 6.07. The van der Waals surface area contributed by atoms with E-state index in [2.05, 4.69) is 31.3 Å². The second-order valence-electron chi connectivity index (χ2n) is 8.32. The van der Waals surface area contributed by atoms with Crippen molar-refractivity contribution in [3.63, 3.8) is 0 Å². The second kappa shape index (κ2) is 9.23. The van der Waals surface area contributed by atoms with Crippen LogP contribution in [0, 0.1) is 0 Å². The molecule has 162 valence electrons. The Morgan fingerprint density at radius 3 is 2.25 bits per heavy atom. The van der Waals surface area contributed by atoms with Crippen LogP contribution in [0.15, 0.2) is 78.9 Å². The Kier molecular flexibility index (Phi) is 6.22. The summed E-state index contributed by atoms with van der Waals surface area (Å²) in [5.74, 6) is 1.04. The van der Waals surface area contributed by atoms with Gasteiger partial charge in [-0.1, -0.05) is 50.2 Å². The third-order valence-electron chi connectivity index (χ3n) is 5.78. The molecule has 1 N–H and O–H groups in total. The quantitative estimate of drug-likeness (QED) is 0.383. The lowest BCUT2D eigenvalue weighted by Crippen LogP contribution is -2.27. The van der Waals surface area contributed by atoms with E-state index in [4.69, 9.17) is 9.72 Å². The van der Waals surface area contributed by atoms with Gasteiger partial charge in [0.2, 0.25) is 0 Å². The van der Waals surface area contributed by atoms with Gasteiger partial charge in [0.25, 0.3) is 5.91 Å². The number of fused-ring (bicyclic) bond motifs is 1. The van der Waals surface area contributed by atoms with Crippen molar-refractivity contribution >= 4 is 16.8 Å². The number of pyridine rings is 1. The molecule has 4 aromatic rings. The van der Waals surface area contributed by atoms with E-state index < -0.39 is 0 Å². The molecule has 0 saturated carbocycles. The van der Waals surface area contributed by atoms with Crippen molar-refractivity contribution in [3.05, 3.63) is 95.6 Å². The highest BCUT2D eigenvalue weighted by Crippen LogP contribution is 2.29. The minimum atomic E-state index is -0.107. The van der Waals surface area contributed by atoms with Gasteiger partial charge in [0.15, 0.2) is 0 Å². The molecule has 0 aliphatic heterocycles. The Labute approximate surface area is 189 Å². The van der Waals surface area contributed by atoms with E-state index in [-0.39, 0.29) is 11.9 Å². The van der Waals surface area contributed by atoms with E-state index in [9.17, 15) is 4.79 Å². The van der Waals surface area contributed by atoms with Crippen LogP contribution in [0.4, 0.5) is 0 Å². The number of carbonyl (C=O) groups excluding carboxylic acids is 1. The summed E-state index contributed by atoms with van der Waals surface area (Å²) < 4.78 is 5.27. The molecule has 0 fully saturated rings. The van der Waals surface area contributed by atoms with Gasteiger partial charge in [-0.3, -0.25) is 4.79 Å². The van der Waals surface area contributed by atoms with Gasteiger partial charge in [-0.15, -0.1) is 0 Å². The van der Waals surface area contributed by atoms with Gasteiger partial charge < -0.3 is 10.1 Å². The lowest BCUT2D eigenvalue weighted by atomic mass is 9.97. The predicted molar refractivity (Wildman–Crippen MR) is 130 cm³/mol. The molecular formula is C28H28N2O2. The molecule has 0 unspecified atom stereocenters. The van der Waals surface area contributed by atoms with E-state index in [1.807, 2.05) is 73.7 Å². The molecule has 0 bridgehead atoms. The van der Waals surface area contributed by atoms with Gasteiger partial charge in [0.05, 0.1) is 29.9 Å². The average Bonchev–Trinajstić information content (AvgIpc) is 2.83. The van der Waals surface area contributed by atoms with Crippen molar-refractivity contribution < 1.29 is 9.53 Å². The fourth-order valence-corrected chi connectivity index (χ4v) is 3.80. The monoisotopic (exact) mass is 424 g/mol. The third kappa shape index (κ3) is 4.50. The summed E-state index contributed by atoms with van der Waals surface area (Å²) in [6.45, 7) is 6.30. The number of aromatic nitrogens is 1. The van der Waals surface area contributed by atoms with Gasteiger partial charge in [-0.25, -0.2) is 4.98 Å². The fourth-order valence-electron chi connectivity index (χ4n) is 3.80. The summed E-state index contributed by atoms with van der Waals surface area (Å²) >= 11 is 0. The number of methoxy groups -OCH3 is 1. The minimum absolute atomic E-state index is 0.107. The van der Waals surface area contributed by atoms with E-state index in [0.717, 1.165) is 33.5 Å². The number of amides is 1. The number of nitrogens with one attached hydrogen (secondary N) is 1. The summed E-state index contributed by atoms with van der Waals surface area (Å²) in [7, 11) is 1.64. The fraction of sp³-hybridized carbons (Fsp3) is 0.214. The van der Waals surface area contributed by atoms with E-state index in [1.165, 1.54) is 5.56 Å². The van der Waals surface area contributed by atoms with Crippen LogP contribution in [0.25, 0.3) is 22.2 Å². The van der Waals surface area contributed by atoms with Crippen LogP contribution in [0.3, 0.4) is 0 Å².